The fraction of sp³-hybridized carbons (Fsp3) is 0.294. The molecule has 2 aromatic carbocycles. The first-order valence-electron chi connectivity index (χ1n) is 6.69. The van der Waals surface area contributed by atoms with E-state index in [1.54, 1.807) is 33.5 Å². The van der Waals surface area contributed by atoms with Gasteiger partial charge in [0, 0.05) is 5.92 Å². The van der Waals surface area contributed by atoms with Crippen molar-refractivity contribution in [2.24, 2.45) is 0 Å². The number of hydrogen-bond donors (Lipinski definition) is 1. The summed E-state index contributed by atoms with van der Waals surface area (Å²) >= 11 is 0. The van der Waals surface area contributed by atoms with Gasteiger partial charge in [0.1, 0.15) is 5.75 Å². The molecule has 0 aromatic heterocycles. The number of phenolic OH excluding ortho intramolecular Hbond substituents is 1. The molecule has 1 N–H and O–H groups in total. The highest BCUT2D eigenvalue weighted by atomic mass is 16.5. The Kier molecular flexibility index (Phi) is 4.58. The van der Waals surface area contributed by atoms with Crippen molar-refractivity contribution in [3.8, 4) is 23.0 Å². The van der Waals surface area contributed by atoms with Crippen LogP contribution >= 0.6 is 0 Å². The summed E-state index contributed by atoms with van der Waals surface area (Å²) in [5.41, 5.74) is 2.04. The first-order chi connectivity index (χ1) is 10.1. The number of benzene rings is 2. The Balaban J connectivity index is 2.48. The van der Waals surface area contributed by atoms with Gasteiger partial charge in [-0.05, 0) is 35.4 Å². The topological polar surface area (TPSA) is 47.9 Å². The molecule has 2 rings (SSSR count). The summed E-state index contributed by atoms with van der Waals surface area (Å²) in [5.74, 6) is 2.17. The molecule has 0 heterocycles. The smallest absolute Gasteiger partial charge is 0.203 e. The van der Waals surface area contributed by atoms with Crippen molar-refractivity contribution in [2.45, 2.75) is 12.8 Å². The molecule has 0 fully saturated rings. The molecule has 1 atom stereocenters. The van der Waals surface area contributed by atoms with Crippen LogP contribution in [0.25, 0.3) is 0 Å². The second kappa shape index (κ2) is 6.39. The Morgan fingerprint density at radius 1 is 0.857 bits per heavy atom. The molecule has 1 unspecified atom stereocenters. The third-order valence-electron chi connectivity index (χ3n) is 3.56. The van der Waals surface area contributed by atoms with Crippen LogP contribution in [0.5, 0.6) is 23.0 Å². The summed E-state index contributed by atoms with van der Waals surface area (Å²) in [7, 11) is 4.78. The quantitative estimate of drug-likeness (QED) is 0.913. The molecule has 0 bridgehead atoms. The number of phenols is 1. The molecule has 0 saturated carbocycles. The summed E-state index contributed by atoms with van der Waals surface area (Å²) in [6.07, 6.45) is 0. The van der Waals surface area contributed by atoms with E-state index in [-0.39, 0.29) is 11.7 Å². The van der Waals surface area contributed by atoms with Crippen molar-refractivity contribution in [1.82, 2.24) is 0 Å². The molecule has 0 radical (unpaired) electrons. The van der Waals surface area contributed by atoms with Crippen LogP contribution in [0.15, 0.2) is 36.4 Å². The van der Waals surface area contributed by atoms with Crippen LogP contribution in [0.3, 0.4) is 0 Å². The maximum Gasteiger partial charge on any atom is 0.203 e. The van der Waals surface area contributed by atoms with Crippen molar-refractivity contribution in [2.75, 3.05) is 21.3 Å². The van der Waals surface area contributed by atoms with Crippen molar-refractivity contribution in [3.63, 3.8) is 0 Å². The number of rotatable bonds is 5. The van der Waals surface area contributed by atoms with Gasteiger partial charge in [-0.15, -0.1) is 0 Å². The predicted octanol–water partition coefficient (Wildman–Crippen LogP) is 3.57. The lowest BCUT2D eigenvalue weighted by Crippen LogP contribution is -2.00. The van der Waals surface area contributed by atoms with Gasteiger partial charge in [0.2, 0.25) is 5.75 Å². The van der Waals surface area contributed by atoms with E-state index in [1.165, 1.54) is 0 Å². The zero-order chi connectivity index (χ0) is 15.4. The highest BCUT2D eigenvalue weighted by Crippen LogP contribution is 2.41. The second-order valence-corrected chi connectivity index (χ2v) is 4.78. The maximum absolute atomic E-state index is 9.62. The third kappa shape index (κ3) is 3.05. The first kappa shape index (κ1) is 15.0. The van der Waals surface area contributed by atoms with Gasteiger partial charge in [0.05, 0.1) is 21.3 Å². The lowest BCUT2D eigenvalue weighted by Gasteiger charge is -2.18. The average molecular weight is 288 g/mol. The Bertz CT molecular complexity index is 597. The summed E-state index contributed by atoms with van der Waals surface area (Å²) in [6.45, 7) is 2.06. The molecular formula is C17H20O4. The van der Waals surface area contributed by atoms with Crippen LogP contribution in [0.4, 0.5) is 0 Å². The standard InChI is InChI=1S/C17H20O4/c1-11(12-6-5-7-14(18)8-12)13-9-15(19-2)17(21-4)16(10-13)20-3/h5-11,18H,1-4H3. The van der Waals surface area contributed by atoms with Crippen LogP contribution in [0.1, 0.15) is 24.0 Å². The van der Waals surface area contributed by atoms with E-state index >= 15 is 0 Å². The zero-order valence-electron chi connectivity index (χ0n) is 12.7. The minimum absolute atomic E-state index is 0.0887. The first-order valence-corrected chi connectivity index (χ1v) is 6.69. The lowest BCUT2D eigenvalue weighted by atomic mass is 9.92. The predicted molar refractivity (Wildman–Crippen MR) is 81.7 cm³/mol. The van der Waals surface area contributed by atoms with E-state index in [0.29, 0.717) is 17.2 Å². The fourth-order valence-corrected chi connectivity index (χ4v) is 2.34. The summed E-state index contributed by atoms with van der Waals surface area (Å²) in [4.78, 5) is 0. The van der Waals surface area contributed by atoms with E-state index in [9.17, 15) is 5.11 Å². The van der Waals surface area contributed by atoms with Gasteiger partial charge in [-0.1, -0.05) is 19.1 Å². The largest absolute Gasteiger partial charge is 0.508 e. The molecule has 112 valence electrons. The van der Waals surface area contributed by atoms with Gasteiger partial charge in [-0.25, -0.2) is 0 Å². The Morgan fingerprint density at radius 2 is 1.48 bits per heavy atom. The van der Waals surface area contributed by atoms with E-state index < -0.39 is 0 Å². The molecule has 0 amide bonds. The van der Waals surface area contributed by atoms with Gasteiger partial charge in [-0.2, -0.15) is 0 Å². The molecule has 21 heavy (non-hydrogen) atoms. The van der Waals surface area contributed by atoms with Crippen LogP contribution in [0.2, 0.25) is 0 Å². The summed E-state index contributed by atoms with van der Waals surface area (Å²) < 4.78 is 16.1. The molecular weight excluding hydrogens is 268 g/mol. The molecule has 2 aromatic rings. The SMILES string of the molecule is COc1cc(C(C)c2cccc(O)c2)cc(OC)c1OC. The van der Waals surface area contributed by atoms with Crippen LogP contribution in [-0.2, 0) is 0 Å². The zero-order valence-corrected chi connectivity index (χ0v) is 12.7. The average Bonchev–Trinajstić information content (AvgIpc) is 2.52. The molecule has 4 heteroatoms. The van der Waals surface area contributed by atoms with Crippen molar-refractivity contribution < 1.29 is 19.3 Å². The van der Waals surface area contributed by atoms with Crippen molar-refractivity contribution in [3.05, 3.63) is 47.5 Å². The Labute approximate surface area is 124 Å². The van der Waals surface area contributed by atoms with E-state index in [4.69, 9.17) is 14.2 Å². The van der Waals surface area contributed by atoms with Crippen LogP contribution in [-0.4, -0.2) is 26.4 Å². The highest BCUT2D eigenvalue weighted by molar-refractivity contribution is 5.55. The van der Waals surface area contributed by atoms with E-state index in [0.717, 1.165) is 11.1 Å². The van der Waals surface area contributed by atoms with Gasteiger partial charge < -0.3 is 19.3 Å². The molecule has 0 aliphatic carbocycles. The van der Waals surface area contributed by atoms with Crippen LogP contribution < -0.4 is 14.2 Å². The highest BCUT2D eigenvalue weighted by Gasteiger charge is 2.17. The molecule has 0 saturated heterocycles. The minimum Gasteiger partial charge on any atom is -0.508 e. The van der Waals surface area contributed by atoms with Gasteiger partial charge in [0.15, 0.2) is 11.5 Å². The Morgan fingerprint density at radius 3 is 1.95 bits per heavy atom. The van der Waals surface area contributed by atoms with E-state index in [1.807, 2.05) is 24.3 Å². The Hall–Kier alpha value is -2.36. The molecule has 0 aliphatic heterocycles. The summed E-state index contributed by atoms with van der Waals surface area (Å²) in [5, 5.41) is 9.62. The summed E-state index contributed by atoms with van der Waals surface area (Å²) in [6, 6.07) is 11.1. The third-order valence-corrected chi connectivity index (χ3v) is 3.56. The van der Waals surface area contributed by atoms with Crippen molar-refractivity contribution >= 4 is 0 Å². The van der Waals surface area contributed by atoms with Gasteiger partial charge in [0.25, 0.3) is 0 Å². The van der Waals surface area contributed by atoms with E-state index in [2.05, 4.69) is 6.92 Å². The number of hydrogen-bond acceptors (Lipinski definition) is 4. The normalized spacial score (nSPS) is 11.8. The number of methoxy groups -OCH3 is 3. The monoisotopic (exact) mass is 288 g/mol. The van der Waals surface area contributed by atoms with Crippen molar-refractivity contribution in [1.29, 1.82) is 0 Å². The lowest BCUT2D eigenvalue weighted by molar-refractivity contribution is 0.323. The maximum atomic E-state index is 9.62. The molecule has 0 spiro atoms. The van der Waals surface area contributed by atoms with Gasteiger partial charge in [-0.3, -0.25) is 0 Å². The fourth-order valence-electron chi connectivity index (χ4n) is 2.34. The van der Waals surface area contributed by atoms with Crippen LogP contribution in [0, 0.1) is 0 Å². The minimum atomic E-state index is 0.0887. The number of ether oxygens (including phenoxy) is 3. The second-order valence-electron chi connectivity index (χ2n) is 4.78. The van der Waals surface area contributed by atoms with Gasteiger partial charge >= 0.3 is 0 Å². The number of aromatic hydroxyl groups is 1. The molecule has 4 nitrogen and oxygen atoms in total. The molecule has 0 aliphatic rings.